The van der Waals surface area contributed by atoms with Crippen molar-refractivity contribution in [1.29, 1.82) is 0 Å². The minimum Gasteiger partial charge on any atom is -0.357 e. The predicted molar refractivity (Wildman–Crippen MR) is 115 cm³/mol. The molecular weight excluding hydrogens is 374 g/mol. The van der Waals surface area contributed by atoms with Crippen molar-refractivity contribution in [1.82, 2.24) is 19.8 Å². The molecule has 0 bridgehead atoms. The number of aliphatic imine (C=N–C) groups is 1. The summed E-state index contributed by atoms with van der Waals surface area (Å²) in [4.78, 5) is 7.45. The molecule has 158 valence electrons. The fourth-order valence-corrected chi connectivity index (χ4v) is 4.46. The molecule has 1 fully saturated rings. The maximum Gasteiger partial charge on any atom is 0.242 e. The molecule has 1 heterocycles. The summed E-state index contributed by atoms with van der Waals surface area (Å²) in [7, 11) is -0.410. The second kappa shape index (κ2) is 9.71. The molecular formula is C20H35N5O2S. The molecule has 1 aliphatic rings. The molecule has 0 aliphatic carbocycles. The van der Waals surface area contributed by atoms with E-state index in [2.05, 4.69) is 41.3 Å². The topological polar surface area (TPSA) is 77.0 Å². The maximum absolute atomic E-state index is 12.6. The molecule has 2 N–H and O–H groups in total. The van der Waals surface area contributed by atoms with E-state index >= 15 is 0 Å². The van der Waals surface area contributed by atoms with Gasteiger partial charge >= 0.3 is 0 Å². The van der Waals surface area contributed by atoms with E-state index in [1.807, 2.05) is 19.1 Å². The van der Waals surface area contributed by atoms with Gasteiger partial charge in [-0.25, -0.2) is 17.7 Å². The molecule has 28 heavy (non-hydrogen) atoms. The Hall–Kier alpha value is -1.64. The van der Waals surface area contributed by atoms with Gasteiger partial charge in [-0.05, 0) is 38.3 Å². The van der Waals surface area contributed by atoms with Gasteiger partial charge in [0, 0.05) is 45.8 Å². The second-order valence-corrected chi connectivity index (χ2v) is 9.99. The van der Waals surface area contributed by atoms with Gasteiger partial charge in [-0.2, -0.15) is 0 Å². The van der Waals surface area contributed by atoms with Crippen molar-refractivity contribution in [3.8, 4) is 0 Å². The van der Waals surface area contributed by atoms with E-state index in [9.17, 15) is 8.42 Å². The van der Waals surface area contributed by atoms with E-state index in [1.54, 1.807) is 26.2 Å². The Morgan fingerprint density at radius 1 is 1.29 bits per heavy atom. The molecule has 0 radical (unpaired) electrons. The van der Waals surface area contributed by atoms with Crippen LogP contribution in [0.3, 0.4) is 0 Å². The molecule has 2 atom stereocenters. The third kappa shape index (κ3) is 5.46. The quantitative estimate of drug-likeness (QED) is 0.530. The van der Waals surface area contributed by atoms with Crippen LogP contribution in [-0.2, 0) is 16.6 Å². The van der Waals surface area contributed by atoms with E-state index in [0.717, 1.165) is 25.6 Å². The average molecular weight is 410 g/mol. The predicted octanol–water partition coefficient (Wildman–Crippen LogP) is 1.72. The van der Waals surface area contributed by atoms with Crippen LogP contribution in [0.4, 0.5) is 0 Å². The van der Waals surface area contributed by atoms with Gasteiger partial charge in [-0.1, -0.05) is 25.1 Å². The number of benzene rings is 1. The number of hydrogen-bond acceptors (Lipinski definition) is 4. The number of nitrogens with zero attached hydrogens (tertiary/aromatic N) is 3. The van der Waals surface area contributed by atoms with E-state index in [0.29, 0.717) is 35.0 Å². The zero-order valence-corrected chi connectivity index (χ0v) is 18.8. The number of rotatable bonds is 7. The standard InChI is InChI=1S/C20H35N5O2S/c1-7-21-20(23-18-14-25(15(2)3)13-16(18)4)22-12-17-10-8-9-11-19(17)28(26,27)24(5)6/h8-11,15-16,18H,7,12-14H2,1-6H3,(H2,21,22,23). The first-order chi connectivity index (χ1) is 13.2. The first-order valence-electron chi connectivity index (χ1n) is 9.96. The molecule has 0 spiro atoms. The normalized spacial score (nSPS) is 21.5. The number of guanidine groups is 1. The Morgan fingerprint density at radius 3 is 2.54 bits per heavy atom. The van der Waals surface area contributed by atoms with Gasteiger partial charge in [0.2, 0.25) is 10.0 Å². The first-order valence-corrected chi connectivity index (χ1v) is 11.4. The van der Waals surface area contributed by atoms with Gasteiger partial charge in [-0.15, -0.1) is 0 Å². The van der Waals surface area contributed by atoms with Gasteiger partial charge in [0.1, 0.15) is 0 Å². The SMILES string of the molecule is CCNC(=NCc1ccccc1S(=O)(=O)N(C)C)NC1CN(C(C)C)CC1C. The lowest BCUT2D eigenvalue weighted by Crippen LogP contribution is -2.46. The van der Waals surface area contributed by atoms with E-state index < -0.39 is 10.0 Å². The fraction of sp³-hybridized carbons (Fsp3) is 0.650. The van der Waals surface area contributed by atoms with E-state index in [1.165, 1.54) is 4.31 Å². The molecule has 7 nitrogen and oxygen atoms in total. The van der Waals surface area contributed by atoms with Crippen molar-refractivity contribution >= 4 is 16.0 Å². The highest BCUT2D eigenvalue weighted by molar-refractivity contribution is 7.89. The lowest BCUT2D eigenvalue weighted by molar-refractivity contribution is 0.265. The summed E-state index contributed by atoms with van der Waals surface area (Å²) in [6.07, 6.45) is 0. The van der Waals surface area contributed by atoms with Gasteiger partial charge < -0.3 is 10.6 Å². The molecule has 2 rings (SSSR count). The van der Waals surface area contributed by atoms with E-state index in [-0.39, 0.29) is 0 Å². The molecule has 8 heteroatoms. The summed E-state index contributed by atoms with van der Waals surface area (Å²) in [5, 5.41) is 6.83. The molecule has 0 saturated carbocycles. The Morgan fingerprint density at radius 2 is 1.96 bits per heavy atom. The average Bonchev–Trinajstić information content (AvgIpc) is 3.01. The van der Waals surface area contributed by atoms with Crippen molar-refractivity contribution < 1.29 is 8.42 Å². The Kier molecular flexibility index (Phi) is 7.86. The number of hydrogen-bond donors (Lipinski definition) is 2. The summed E-state index contributed by atoms with van der Waals surface area (Å²) in [5.41, 5.74) is 0.691. The van der Waals surface area contributed by atoms with Crippen LogP contribution >= 0.6 is 0 Å². The smallest absolute Gasteiger partial charge is 0.242 e. The Labute approximate surface area is 170 Å². The monoisotopic (exact) mass is 409 g/mol. The van der Waals surface area contributed by atoms with Crippen LogP contribution < -0.4 is 10.6 Å². The largest absolute Gasteiger partial charge is 0.357 e. The van der Waals surface area contributed by atoms with Crippen LogP contribution in [0.15, 0.2) is 34.2 Å². The van der Waals surface area contributed by atoms with Crippen LogP contribution in [0.2, 0.25) is 0 Å². The number of likely N-dealkylation sites (tertiary alicyclic amines) is 1. The van der Waals surface area contributed by atoms with Crippen LogP contribution in [-0.4, -0.2) is 69.4 Å². The van der Waals surface area contributed by atoms with Crippen molar-refractivity contribution in [2.45, 2.75) is 51.2 Å². The molecule has 0 amide bonds. The van der Waals surface area contributed by atoms with Crippen molar-refractivity contribution in [3.05, 3.63) is 29.8 Å². The lowest BCUT2D eigenvalue weighted by atomic mass is 10.1. The van der Waals surface area contributed by atoms with Crippen molar-refractivity contribution in [2.24, 2.45) is 10.9 Å². The number of nitrogens with one attached hydrogen (secondary N) is 2. The van der Waals surface area contributed by atoms with Crippen LogP contribution in [0, 0.1) is 5.92 Å². The number of sulfonamides is 1. The second-order valence-electron chi connectivity index (χ2n) is 7.87. The summed E-state index contributed by atoms with van der Waals surface area (Å²) in [5.74, 6) is 1.25. The van der Waals surface area contributed by atoms with Crippen molar-refractivity contribution in [3.63, 3.8) is 0 Å². The molecule has 1 aliphatic heterocycles. The maximum atomic E-state index is 12.6. The van der Waals surface area contributed by atoms with Gasteiger partial charge in [0.25, 0.3) is 0 Å². The minimum atomic E-state index is -3.50. The molecule has 1 aromatic rings. The zero-order valence-electron chi connectivity index (χ0n) is 17.9. The summed E-state index contributed by atoms with van der Waals surface area (Å²) in [6, 6.07) is 7.90. The summed E-state index contributed by atoms with van der Waals surface area (Å²) < 4.78 is 26.4. The molecule has 2 unspecified atom stereocenters. The summed E-state index contributed by atoms with van der Waals surface area (Å²) >= 11 is 0. The molecule has 1 aromatic carbocycles. The minimum absolute atomic E-state index is 0.299. The van der Waals surface area contributed by atoms with Crippen LogP contribution in [0.5, 0.6) is 0 Å². The summed E-state index contributed by atoms with van der Waals surface area (Å²) in [6.45, 7) is 11.8. The van der Waals surface area contributed by atoms with Crippen LogP contribution in [0.1, 0.15) is 33.3 Å². The van der Waals surface area contributed by atoms with Crippen LogP contribution in [0.25, 0.3) is 0 Å². The highest BCUT2D eigenvalue weighted by Gasteiger charge is 2.31. The third-order valence-corrected chi connectivity index (χ3v) is 7.09. The molecule has 1 saturated heterocycles. The van der Waals surface area contributed by atoms with E-state index in [4.69, 9.17) is 0 Å². The van der Waals surface area contributed by atoms with Crippen molar-refractivity contribution in [2.75, 3.05) is 33.7 Å². The van der Waals surface area contributed by atoms with Gasteiger partial charge in [-0.3, -0.25) is 4.90 Å². The third-order valence-electron chi connectivity index (χ3n) is 5.18. The molecule has 0 aromatic heterocycles. The highest BCUT2D eigenvalue weighted by Crippen LogP contribution is 2.20. The lowest BCUT2D eigenvalue weighted by Gasteiger charge is -2.22. The highest BCUT2D eigenvalue weighted by atomic mass is 32.2. The zero-order chi connectivity index (χ0) is 20.9. The van der Waals surface area contributed by atoms with Gasteiger partial charge in [0.15, 0.2) is 5.96 Å². The Balaban J connectivity index is 2.18. The fourth-order valence-electron chi connectivity index (χ4n) is 3.36. The van der Waals surface area contributed by atoms with Gasteiger partial charge in [0.05, 0.1) is 11.4 Å². The Bertz CT molecular complexity index is 777. The first kappa shape index (κ1) is 22.6.